The summed E-state index contributed by atoms with van der Waals surface area (Å²) < 4.78 is 7.63. The van der Waals surface area contributed by atoms with Crippen molar-refractivity contribution in [3.8, 4) is 5.75 Å². The molecule has 0 unspecified atom stereocenters. The van der Waals surface area contributed by atoms with Gasteiger partial charge in [0.05, 0.1) is 18.0 Å². The van der Waals surface area contributed by atoms with Crippen LogP contribution in [-0.4, -0.2) is 37.6 Å². The van der Waals surface area contributed by atoms with Gasteiger partial charge in [0.25, 0.3) is 5.91 Å². The predicted molar refractivity (Wildman–Crippen MR) is 96.1 cm³/mol. The van der Waals surface area contributed by atoms with Crippen molar-refractivity contribution in [2.75, 3.05) is 0 Å². The fourth-order valence-corrected chi connectivity index (χ4v) is 3.34. The van der Waals surface area contributed by atoms with E-state index in [1.165, 1.54) is 0 Å². The van der Waals surface area contributed by atoms with Gasteiger partial charge in [-0.3, -0.25) is 9.78 Å². The molecule has 0 atom stereocenters. The molecule has 4 rings (SSSR count). The van der Waals surface area contributed by atoms with Crippen LogP contribution in [0.3, 0.4) is 0 Å². The van der Waals surface area contributed by atoms with E-state index in [-0.39, 0.29) is 18.1 Å². The third-order valence-corrected chi connectivity index (χ3v) is 4.77. The summed E-state index contributed by atoms with van der Waals surface area (Å²) >= 11 is 0. The number of hydrogen-bond donors (Lipinski definition) is 1. The maximum atomic E-state index is 12.6. The van der Waals surface area contributed by atoms with Crippen LogP contribution in [0.2, 0.25) is 0 Å². The quantitative estimate of drug-likeness (QED) is 0.781. The molecule has 26 heavy (non-hydrogen) atoms. The molecule has 1 aliphatic rings. The number of nitrogens with one attached hydrogen (secondary N) is 1. The maximum absolute atomic E-state index is 12.6. The fourth-order valence-electron chi connectivity index (χ4n) is 3.34. The first kappa shape index (κ1) is 16.5. The zero-order valence-corrected chi connectivity index (χ0v) is 14.6. The van der Waals surface area contributed by atoms with E-state index >= 15 is 0 Å². The Balaban J connectivity index is 1.34. The molecule has 0 bridgehead atoms. The Morgan fingerprint density at radius 2 is 1.96 bits per heavy atom. The maximum Gasteiger partial charge on any atom is 0.271 e. The van der Waals surface area contributed by atoms with Crippen LogP contribution in [0.1, 0.15) is 41.9 Å². The average molecular weight is 351 g/mol. The number of imidazole rings is 1. The Labute approximate surface area is 151 Å². The van der Waals surface area contributed by atoms with Crippen LogP contribution in [-0.2, 0) is 0 Å². The molecule has 3 heterocycles. The van der Waals surface area contributed by atoms with Gasteiger partial charge in [-0.25, -0.2) is 9.50 Å². The van der Waals surface area contributed by atoms with Gasteiger partial charge in [0.15, 0.2) is 5.65 Å². The third-order valence-electron chi connectivity index (χ3n) is 4.77. The van der Waals surface area contributed by atoms with Gasteiger partial charge in [-0.2, -0.15) is 5.10 Å². The van der Waals surface area contributed by atoms with Crippen molar-refractivity contribution in [1.82, 2.24) is 24.9 Å². The first-order chi connectivity index (χ1) is 12.7. The number of hydrogen-bond acceptors (Lipinski definition) is 5. The van der Waals surface area contributed by atoms with Gasteiger partial charge >= 0.3 is 0 Å². The van der Waals surface area contributed by atoms with Gasteiger partial charge in [-0.15, -0.1) is 0 Å². The van der Waals surface area contributed by atoms with Gasteiger partial charge in [0.1, 0.15) is 11.4 Å². The lowest BCUT2D eigenvalue weighted by Crippen LogP contribution is -2.40. The molecule has 3 aromatic heterocycles. The minimum absolute atomic E-state index is 0.135. The average Bonchev–Trinajstić information content (AvgIpc) is 3.09. The number of nitrogens with zero attached hydrogens (tertiary/aromatic N) is 4. The van der Waals surface area contributed by atoms with Crippen LogP contribution in [0.5, 0.6) is 5.75 Å². The summed E-state index contributed by atoms with van der Waals surface area (Å²) in [5.41, 5.74) is 2.04. The topological polar surface area (TPSA) is 81.4 Å². The van der Waals surface area contributed by atoms with E-state index in [1.54, 1.807) is 29.2 Å². The zero-order valence-electron chi connectivity index (χ0n) is 14.6. The number of fused-ring (bicyclic) bond motifs is 1. The molecule has 7 nitrogen and oxygen atoms in total. The molecule has 1 aliphatic carbocycles. The first-order valence-electron chi connectivity index (χ1n) is 8.88. The van der Waals surface area contributed by atoms with Crippen molar-refractivity contribution in [2.45, 2.75) is 44.8 Å². The van der Waals surface area contributed by atoms with E-state index in [1.807, 2.05) is 25.1 Å². The number of ether oxygens (including phenoxy) is 1. The molecule has 0 aromatic carbocycles. The van der Waals surface area contributed by atoms with Crippen LogP contribution < -0.4 is 10.1 Å². The molecule has 134 valence electrons. The number of aryl methyl sites for hydroxylation is 1. The van der Waals surface area contributed by atoms with Gasteiger partial charge < -0.3 is 10.1 Å². The highest BCUT2D eigenvalue weighted by Gasteiger charge is 2.25. The molecule has 1 fully saturated rings. The normalized spacial score (nSPS) is 20.0. The molecule has 3 aromatic rings. The van der Waals surface area contributed by atoms with Crippen LogP contribution in [0.4, 0.5) is 0 Å². The zero-order chi connectivity index (χ0) is 17.9. The summed E-state index contributed by atoms with van der Waals surface area (Å²) in [5.74, 6) is 0.709. The van der Waals surface area contributed by atoms with Gasteiger partial charge in [-0.05, 0) is 56.9 Å². The smallest absolute Gasteiger partial charge is 0.271 e. The van der Waals surface area contributed by atoms with Crippen molar-refractivity contribution in [3.63, 3.8) is 0 Å². The van der Waals surface area contributed by atoms with Crippen LogP contribution in [0.25, 0.3) is 5.65 Å². The van der Waals surface area contributed by atoms with Crippen molar-refractivity contribution in [1.29, 1.82) is 0 Å². The lowest BCUT2D eigenvalue weighted by Gasteiger charge is -2.29. The largest absolute Gasteiger partial charge is 0.489 e. The Hall–Kier alpha value is -2.96. The van der Waals surface area contributed by atoms with Crippen molar-refractivity contribution in [2.24, 2.45) is 0 Å². The number of carbonyl (C=O) groups is 1. The molecule has 0 radical (unpaired) electrons. The van der Waals surface area contributed by atoms with Crippen molar-refractivity contribution >= 4 is 11.6 Å². The van der Waals surface area contributed by atoms with E-state index in [9.17, 15) is 4.79 Å². The van der Waals surface area contributed by atoms with E-state index in [2.05, 4.69) is 20.4 Å². The molecular formula is C19H21N5O2. The highest BCUT2D eigenvalue weighted by molar-refractivity contribution is 5.93. The van der Waals surface area contributed by atoms with E-state index in [0.717, 1.165) is 37.1 Å². The summed E-state index contributed by atoms with van der Waals surface area (Å²) in [6.45, 7) is 1.95. The van der Waals surface area contributed by atoms with E-state index in [0.29, 0.717) is 11.3 Å². The van der Waals surface area contributed by atoms with E-state index in [4.69, 9.17) is 4.74 Å². The van der Waals surface area contributed by atoms with Gasteiger partial charge in [0.2, 0.25) is 0 Å². The minimum atomic E-state index is -0.135. The SMILES string of the molecule is Cc1ncccc1OC1CCC(NC(=O)c2cnc3cccnn23)CC1. The standard InChI is InChI=1S/C19H21N5O2/c1-13-17(4-2-10-20-13)26-15-8-6-14(7-9-15)23-19(25)16-12-21-18-5-3-11-22-24(16)18/h2-5,10-12,14-15H,6-9H2,1H3,(H,23,25). The summed E-state index contributed by atoms with van der Waals surface area (Å²) in [7, 11) is 0. The Kier molecular flexibility index (Phi) is 4.51. The number of rotatable bonds is 4. The second-order valence-electron chi connectivity index (χ2n) is 6.59. The summed E-state index contributed by atoms with van der Waals surface area (Å²) in [6, 6.07) is 7.61. The first-order valence-corrected chi connectivity index (χ1v) is 8.88. The van der Waals surface area contributed by atoms with Crippen LogP contribution in [0, 0.1) is 6.92 Å². The Bertz CT molecular complexity index is 915. The number of aromatic nitrogens is 4. The Morgan fingerprint density at radius 3 is 2.77 bits per heavy atom. The van der Waals surface area contributed by atoms with Crippen molar-refractivity contribution < 1.29 is 9.53 Å². The molecule has 1 N–H and O–H groups in total. The van der Waals surface area contributed by atoms with Gasteiger partial charge in [0, 0.05) is 18.4 Å². The summed E-state index contributed by atoms with van der Waals surface area (Å²) in [6.07, 6.45) is 8.74. The summed E-state index contributed by atoms with van der Waals surface area (Å²) in [5, 5.41) is 7.29. The third kappa shape index (κ3) is 3.37. The molecule has 0 aliphatic heterocycles. The predicted octanol–water partition coefficient (Wildman–Crippen LogP) is 2.55. The van der Waals surface area contributed by atoms with Crippen LogP contribution >= 0.6 is 0 Å². The molecule has 1 amide bonds. The summed E-state index contributed by atoms with van der Waals surface area (Å²) in [4.78, 5) is 21.0. The molecular weight excluding hydrogens is 330 g/mol. The monoisotopic (exact) mass is 351 g/mol. The second-order valence-corrected chi connectivity index (χ2v) is 6.59. The van der Waals surface area contributed by atoms with Crippen LogP contribution in [0.15, 0.2) is 42.9 Å². The molecule has 7 heteroatoms. The highest BCUT2D eigenvalue weighted by Crippen LogP contribution is 2.25. The highest BCUT2D eigenvalue weighted by atomic mass is 16.5. The fraction of sp³-hybridized carbons (Fsp3) is 0.368. The Morgan fingerprint density at radius 1 is 1.15 bits per heavy atom. The molecule has 0 saturated heterocycles. The number of carbonyl (C=O) groups excluding carboxylic acids is 1. The minimum Gasteiger partial charge on any atom is -0.489 e. The number of pyridine rings is 1. The lowest BCUT2D eigenvalue weighted by atomic mass is 9.93. The number of amides is 1. The molecule has 1 saturated carbocycles. The van der Waals surface area contributed by atoms with E-state index < -0.39 is 0 Å². The molecule has 0 spiro atoms. The van der Waals surface area contributed by atoms with Gasteiger partial charge in [-0.1, -0.05) is 0 Å². The lowest BCUT2D eigenvalue weighted by molar-refractivity contribution is 0.0886. The second kappa shape index (κ2) is 7.11. The van der Waals surface area contributed by atoms with Crippen molar-refractivity contribution in [3.05, 3.63) is 54.2 Å².